The molecule has 2 heterocycles. The van der Waals surface area contributed by atoms with Crippen LogP contribution in [0.3, 0.4) is 0 Å². The lowest BCUT2D eigenvalue weighted by Crippen LogP contribution is -2.07. The third kappa shape index (κ3) is 10.1. The molecular formula is C34H34N2O6. The smallest absolute Gasteiger partial charge is 0.248 e. The summed E-state index contributed by atoms with van der Waals surface area (Å²) < 4.78 is 10.9. The van der Waals surface area contributed by atoms with Gasteiger partial charge in [0.25, 0.3) is 0 Å². The molecule has 216 valence electrons. The summed E-state index contributed by atoms with van der Waals surface area (Å²) in [6, 6.07) is 20.9. The minimum absolute atomic E-state index is 0.00248. The molecule has 0 fully saturated rings. The predicted octanol–water partition coefficient (Wildman–Crippen LogP) is 7.39. The zero-order valence-electron chi connectivity index (χ0n) is 24.1. The summed E-state index contributed by atoms with van der Waals surface area (Å²) in [5.41, 5.74) is 2.52. The Morgan fingerprint density at radius 1 is 0.571 bits per heavy atom. The van der Waals surface area contributed by atoms with Crippen LogP contribution >= 0.6 is 0 Å². The quantitative estimate of drug-likeness (QED) is 0.153. The van der Waals surface area contributed by atoms with Gasteiger partial charge in [-0.05, 0) is 98.8 Å². The van der Waals surface area contributed by atoms with Gasteiger partial charge >= 0.3 is 0 Å². The molecule has 4 rings (SSSR count). The Balaban J connectivity index is 0.000000230. The summed E-state index contributed by atoms with van der Waals surface area (Å²) in [5.74, 6) is 2.56. The van der Waals surface area contributed by atoms with E-state index in [1.165, 1.54) is 26.0 Å². The van der Waals surface area contributed by atoms with E-state index in [-0.39, 0.29) is 23.4 Å². The van der Waals surface area contributed by atoms with Crippen LogP contribution in [0.2, 0.25) is 0 Å². The Labute approximate surface area is 245 Å². The number of hydrogen-bond donors (Lipinski definition) is 2. The highest BCUT2D eigenvalue weighted by atomic mass is 16.3. The standard InChI is InChI=1S/2C17H17NO3/c2*1-3-15-8-9-16(21-15)10-11-17(20)18-14-6-4-13(5-7-14)12(2)19/h2*4-11H,3H2,1-2H3,(H,18,20)/b2*11-10+. The van der Waals surface area contributed by atoms with Gasteiger partial charge in [-0.25, -0.2) is 0 Å². The molecule has 0 saturated heterocycles. The number of aryl methyl sites for hydroxylation is 2. The molecule has 0 spiro atoms. The van der Waals surface area contributed by atoms with Crippen molar-refractivity contribution < 1.29 is 28.0 Å². The Morgan fingerprint density at radius 2 is 0.929 bits per heavy atom. The van der Waals surface area contributed by atoms with Crippen LogP contribution in [-0.2, 0) is 22.4 Å². The van der Waals surface area contributed by atoms with Gasteiger partial charge < -0.3 is 19.5 Å². The maximum Gasteiger partial charge on any atom is 0.248 e. The van der Waals surface area contributed by atoms with Crippen LogP contribution in [0.25, 0.3) is 12.2 Å². The van der Waals surface area contributed by atoms with Crippen molar-refractivity contribution in [1.82, 2.24) is 0 Å². The van der Waals surface area contributed by atoms with E-state index < -0.39 is 0 Å². The molecule has 8 heteroatoms. The van der Waals surface area contributed by atoms with Gasteiger partial charge in [-0.3, -0.25) is 19.2 Å². The summed E-state index contributed by atoms with van der Waals surface area (Å²) in [7, 11) is 0. The largest absolute Gasteiger partial charge is 0.462 e. The molecule has 4 aromatic rings. The Kier molecular flexibility index (Phi) is 11.6. The number of hydrogen-bond acceptors (Lipinski definition) is 6. The molecule has 2 aromatic carbocycles. The molecule has 2 aromatic heterocycles. The van der Waals surface area contributed by atoms with Crippen LogP contribution in [0.1, 0.15) is 71.5 Å². The van der Waals surface area contributed by atoms with E-state index >= 15 is 0 Å². The summed E-state index contributed by atoms with van der Waals surface area (Å²) in [6.45, 7) is 7.02. The molecule has 0 bridgehead atoms. The van der Waals surface area contributed by atoms with Crippen LogP contribution in [0.5, 0.6) is 0 Å². The van der Waals surface area contributed by atoms with E-state index in [1.807, 2.05) is 38.1 Å². The SMILES string of the molecule is CCc1ccc(/C=C/C(=O)Nc2ccc(C(C)=O)cc2)o1.CCc1ccc(/C=C/C(=O)Nc2ccc(C(C)=O)cc2)o1. The number of anilines is 2. The van der Waals surface area contributed by atoms with Gasteiger partial charge in [0.15, 0.2) is 11.6 Å². The van der Waals surface area contributed by atoms with Crippen molar-refractivity contribution in [1.29, 1.82) is 0 Å². The predicted molar refractivity (Wildman–Crippen MR) is 164 cm³/mol. The van der Waals surface area contributed by atoms with Crippen LogP contribution < -0.4 is 10.6 Å². The van der Waals surface area contributed by atoms with Crippen LogP contribution in [0, 0.1) is 0 Å². The fourth-order valence-electron chi connectivity index (χ4n) is 3.61. The molecule has 8 nitrogen and oxygen atoms in total. The summed E-state index contributed by atoms with van der Waals surface area (Å²) in [6.07, 6.45) is 7.72. The highest BCUT2D eigenvalue weighted by Crippen LogP contribution is 2.14. The third-order valence-electron chi connectivity index (χ3n) is 5.98. The number of benzene rings is 2. The first-order chi connectivity index (χ1) is 20.2. The van der Waals surface area contributed by atoms with Crippen LogP contribution in [-0.4, -0.2) is 23.4 Å². The fourth-order valence-corrected chi connectivity index (χ4v) is 3.61. The molecule has 0 aliphatic heterocycles. The van der Waals surface area contributed by atoms with Gasteiger partial charge in [-0.2, -0.15) is 0 Å². The lowest BCUT2D eigenvalue weighted by atomic mass is 10.1. The molecular weight excluding hydrogens is 532 g/mol. The van der Waals surface area contributed by atoms with Gasteiger partial charge in [0, 0.05) is 47.5 Å². The maximum atomic E-state index is 11.8. The highest BCUT2D eigenvalue weighted by molar-refractivity contribution is 6.03. The van der Waals surface area contributed by atoms with E-state index in [9.17, 15) is 19.2 Å². The molecule has 0 saturated carbocycles. The van der Waals surface area contributed by atoms with Crippen molar-refractivity contribution >= 4 is 46.9 Å². The fraction of sp³-hybridized carbons (Fsp3) is 0.176. The van der Waals surface area contributed by atoms with Gasteiger partial charge in [-0.1, -0.05) is 13.8 Å². The van der Waals surface area contributed by atoms with Crippen molar-refractivity contribution in [2.45, 2.75) is 40.5 Å². The molecule has 0 radical (unpaired) electrons. The van der Waals surface area contributed by atoms with Gasteiger partial charge in [0.1, 0.15) is 23.0 Å². The molecule has 0 atom stereocenters. The minimum atomic E-state index is -0.250. The Bertz CT molecular complexity index is 1450. The summed E-state index contributed by atoms with van der Waals surface area (Å²) in [5, 5.41) is 5.44. The summed E-state index contributed by atoms with van der Waals surface area (Å²) >= 11 is 0. The van der Waals surface area contributed by atoms with E-state index in [2.05, 4.69) is 10.6 Å². The first-order valence-corrected chi connectivity index (χ1v) is 13.5. The number of nitrogens with one attached hydrogen (secondary N) is 2. The van der Waals surface area contributed by atoms with Gasteiger partial charge in [0.2, 0.25) is 11.8 Å². The van der Waals surface area contributed by atoms with E-state index in [4.69, 9.17) is 8.83 Å². The lowest BCUT2D eigenvalue weighted by Gasteiger charge is -2.02. The topological polar surface area (TPSA) is 119 Å². The van der Waals surface area contributed by atoms with Gasteiger partial charge in [0.05, 0.1) is 0 Å². The maximum absolute atomic E-state index is 11.8. The molecule has 2 N–H and O–H groups in total. The Hall–Kier alpha value is -5.24. The van der Waals surface area contributed by atoms with Crippen molar-refractivity contribution in [3.05, 3.63) is 119 Å². The van der Waals surface area contributed by atoms with E-state index in [0.717, 1.165) is 24.4 Å². The Morgan fingerprint density at radius 3 is 1.21 bits per heavy atom. The molecule has 2 amide bonds. The number of amides is 2. The number of carbonyl (C=O) groups excluding carboxylic acids is 4. The minimum Gasteiger partial charge on any atom is -0.462 e. The zero-order chi connectivity index (χ0) is 30.5. The number of furan rings is 2. The number of rotatable bonds is 10. The molecule has 42 heavy (non-hydrogen) atoms. The number of carbonyl (C=O) groups is 4. The molecule has 0 unspecified atom stereocenters. The lowest BCUT2D eigenvalue weighted by molar-refractivity contribution is -0.112. The molecule has 0 aliphatic carbocycles. The van der Waals surface area contributed by atoms with E-state index in [1.54, 1.807) is 60.7 Å². The van der Waals surface area contributed by atoms with E-state index in [0.29, 0.717) is 34.0 Å². The van der Waals surface area contributed by atoms with Crippen LogP contribution in [0.15, 0.2) is 93.8 Å². The highest BCUT2D eigenvalue weighted by Gasteiger charge is 2.04. The molecule has 0 aliphatic rings. The number of Topliss-reactive ketones (excluding diaryl/α,β-unsaturated/α-hetero) is 2. The number of ketones is 2. The second kappa shape index (κ2) is 15.5. The normalized spacial score (nSPS) is 10.8. The van der Waals surface area contributed by atoms with Crippen LogP contribution in [0.4, 0.5) is 11.4 Å². The van der Waals surface area contributed by atoms with Crippen molar-refractivity contribution in [2.75, 3.05) is 10.6 Å². The first-order valence-electron chi connectivity index (χ1n) is 13.5. The monoisotopic (exact) mass is 566 g/mol. The first kappa shape index (κ1) is 31.3. The van der Waals surface area contributed by atoms with Gasteiger partial charge in [-0.15, -0.1) is 0 Å². The second-order valence-corrected chi connectivity index (χ2v) is 9.23. The zero-order valence-corrected chi connectivity index (χ0v) is 24.1. The average Bonchev–Trinajstić information content (AvgIpc) is 3.65. The van der Waals surface area contributed by atoms with Crippen molar-refractivity contribution in [3.8, 4) is 0 Å². The van der Waals surface area contributed by atoms with Crippen molar-refractivity contribution in [3.63, 3.8) is 0 Å². The van der Waals surface area contributed by atoms with Crippen molar-refractivity contribution in [2.24, 2.45) is 0 Å². The third-order valence-corrected chi connectivity index (χ3v) is 5.98. The average molecular weight is 567 g/mol. The second-order valence-electron chi connectivity index (χ2n) is 9.23. The summed E-state index contributed by atoms with van der Waals surface area (Å²) in [4.78, 5) is 45.9.